The van der Waals surface area contributed by atoms with Crippen molar-refractivity contribution in [2.24, 2.45) is 0 Å². The Morgan fingerprint density at radius 2 is 2.33 bits per heavy atom. The van der Waals surface area contributed by atoms with E-state index in [4.69, 9.17) is 11.6 Å². The first-order chi connectivity index (χ1) is 8.56. The van der Waals surface area contributed by atoms with E-state index in [1.165, 1.54) is 16.7 Å². The Hall–Kier alpha value is -1.20. The fourth-order valence-corrected chi connectivity index (χ4v) is 2.67. The van der Waals surface area contributed by atoms with Crippen molar-refractivity contribution in [1.29, 1.82) is 0 Å². The third kappa shape index (κ3) is 3.17. The summed E-state index contributed by atoms with van der Waals surface area (Å²) in [6.45, 7) is 1.99. The number of thioether (sulfide) groups is 1. The molecule has 1 aliphatic rings. The summed E-state index contributed by atoms with van der Waals surface area (Å²) in [5.74, 6) is 0.854. The third-order valence-corrected chi connectivity index (χ3v) is 3.97. The quantitative estimate of drug-likeness (QED) is 0.925. The van der Waals surface area contributed by atoms with Crippen molar-refractivity contribution in [3.63, 3.8) is 0 Å². The number of hydrogen-bond donors (Lipinski definition) is 1. The van der Waals surface area contributed by atoms with E-state index < -0.39 is 0 Å². The molecule has 0 saturated carbocycles. The summed E-state index contributed by atoms with van der Waals surface area (Å²) in [6, 6.07) is 5.34. The summed E-state index contributed by atoms with van der Waals surface area (Å²) in [5.41, 5.74) is 1.61. The molecule has 0 radical (unpaired) electrons. The average Bonchev–Trinajstić information content (AvgIpc) is 2.70. The predicted octanol–water partition coefficient (Wildman–Crippen LogP) is 2.12. The fourth-order valence-electron chi connectivity index (χ4n) is 1.58. The minimum Gasteiger partial charge on any atom is -0.324 e. The zero-order valence-corrected chi connectivity index (χ0v) is 11.5. The number of anilines is 1. The second kappa shape index (κ2) is 5.63. The monoisotopic (exact) mass is 284 g/mol. The van der Waals surface area contributed by atoms with Gasteiger partial charge in [-0.1, -0.05) is 17.7 Å². The van der Waals surface area contributed by atoms with Crippen molar-refractivity contribution in [3.8, 4) is 0 Å². The van der Waals surface area contributed by atoms with Crippen LogP contribution in [0, 0.1) is 6.92 Å². The molecule has 1 aromatic carbocycles. The minimum atomic E-state index is -0.203. The fraction of sp³-hybridized carbons (Fsp3) is 0.333. The molecule has 18 heavy (non-hydrogen) atoms. The molecule has 4 nitrogen and oxygen atoms in total. The summed E-state index contributed by atoms with van der Waals surface area (Å²) in [5, 5.41) is 3.34. The van der Waals surface area contributed by atoms with Crippen LogP contribution in [-0.4, -0.2) is 34.9 Å². The van der Waals surface area contributed by atoms with Gasteiger partial charge in [0.25, 0.3) is 0 Å². The maximum Gasteiger partial charge on any atom is 0.244 e. The standard InChI is InChI=1S/C12H13ClN2O2S/c1-8-2-3-9(4-10(8)13)14-11(16)5-15-7-18-6-12(15)17/h2-4H,5-7H2,1H3,(H,14,16). The minimum absolute atomic E-state index is 0.0112. The van der Waals surface area contributed by atoms with E-state index in [2.05, 4.69) is 5.32 Å². The number of aryl methyl sites for hydroxylation is 1. The molecule has 1 fully saturated rings. The lowest BCUT2D eigenvalue weighted by molar-refractivity contribution is -0.130. The number of carbonyl (C=O) groups excluding carboxylic acids is 2. The van der Waals surface area contributed by atoms with Crippen LogP contribution in [0.4, 0.5) is 5.69 Å². The van der Waals surface area contributed by atoms with E-state index in [1.807, 2.05) is 13.0 Å². The second-order valence-electron chi connectivity index (χ2n) is 4.08. The molecule has 1 heterocycles. The maximum atomic E-state index is 11.8. The van der Waals surface area contributed by atoms with Gasteiger partial charge in [0.1, 0.15) is 6.54 Å². The molecule has 0 unspecified atom stereocenters. The van der Waals surface area contributed by atoms with Crippen molar-refractivity contribution in [3.05, 3.63) is 28.8 Å². The molecular formula is C12H13ClN2O2S. The summed E-state index contributed by atoms with van der Waals surface area (Å²) in [4.78, 5) is 24.7. The molecule has 2 rings (SSSR count). The van der Waals surface area contributed by atoms with Gasteiger partial charge in [-0.25, -0.2) is 0 Å². The van der Waals surface area contributed by atoms with Crippen LogP contribution in [0.15, 0.2) is 18.2 Å². The third-order valence-electron chi connectivity index (χ3n) is 2.62. The molecule has 0 atom stereocenters. The summed E-state index contributed by atoms with van der Waals surface area (Å²) >= 11 is 7.49. The highest BCUT2D eigenvalue weighted by Gasteiger charge is 2.22. The lowest BCUT2D eigenvalue weighted by Crippen LogP contribution is -2.34. The molecule has 6 heteroatoms. The highest BCUT2D eigenvalue weighted by Crippen LogP contribution is 2.20. The first-order valence-electron chi connectivity index (χ1n) is 5.48. The Kier molecular flexibility index (Phi) is 4.14. The highest BCUT2D eigenvalue weighted by atomic mass is 35.5. The number of carbonyl (C=O) groups is 2. The van der Waals surface area contributed by atoms with Gasteiger partial charge in [0.05, 0.1) is 11.6 Å². The van der Waals surface area contributed by atoms with Gasteiger partial charge in [0.15, 0.2) is 0 Å². The van der Waals surface area contributed by atoms with Crippen LogP contribution in [0.25, 0.3) is 0 Å². The highest BCUT2D eigenvalue weighted by molar-refractivity contribution is 8.00. The number of rotatable bonds is 3. The molecule has 1 aliphatic heterocycles. The molecule has 2 amide bonds. The summed E-state index contributed by atoms with van der Waals surface area (Å²) in [6.07, 6.45) is 0. The lowest BCUT2D eigenvalue weighted by atomic mass is 10.2. The van der Waals surface area contributed by atoms with Crippen molar-refractivity contribution < 1.29 is 9.59 Å². The number of halogens is 1. The molecule has 0 aliphatic carbocycles. The Labute approximate surface area is 115 Å². The number of nitrogens with zero attached hydrogens (tertiary/aromatic N) is 1. The normalized spacial score (nSPS) is 15.0. The first-order valence-corrected chi connectivity index (χ1v) is 7.01. The molecule has 1 saturated heterocycles. The van der Waals surface area contributed by atoms with Crippen molar-refractivity contribution in [2.45, 2.75) is 6.92 Å². The summed E-state index contributed by atoms with van der Waals surface area (Å²) in [7, 11) is 0. The topological polar surface area (TPSA) is 49.4 Å². The molecule has 1 N–H and O–H groups in total. The predicted molar refractivity (Wildman–Crippen MR) is 73.9 cm³/mol. The van der Waals surface area contributed by atoms with Crippen molar-refractivity contribution in [2.75, 3.05) is 23.5 Å². The Morgan fingerprint density at radius 3 is 2.94 bits per heavy atom. The number of amides is 2. The Bertz CT molecular complexity index is 493. The van der Waals surface area contributed by atoms with E-state index in [1.54, 1.807) is 12.1 Å². The van der Waals surface area contributed by atoms with Crippen LogP contribution in [0.3, 0.4) is 0 Å². The van der Waals surface area contributed by atoms with E-state index >= 15 is 0 Å². The van der Waals surface area contributed by atoms with Gasteiger partial charge >= 0.3 is 0 Å². The molecular weight excluding hydrogens is 272 g/mol. The molecule has 96 valence electrons. The van der Waals surface area contributed by atoms with Crippen LogP contribution in [0.1, 0.15) is 5.56 Å². The number of hydrogen-bond acceptors (Lipinski definition) is 3. The van der Waals surface area contributed by atoms with Crippen molar-refractivity contribution >= 4 is 40.9 Å². The second-order valence-corrected chi connectivity index (χ2v) is 5.44. The van der Waals surface area contributed by atoms with Crippen LogP contribution in [-0.2, 0) is 9.59 Å². The Balaban J connectivity index is 1.94. The van der Waals surface area contributed by atoms with Gasteiger partial charge in [0.2, 0.25) is 11.8 Å². The van der Waals surface area contributed by atoms with E-state index in [0.29, 0.717) is 22.3 Å². The molecule has 1 aromatic rings. The van der Waals surface area contributed by atoms with E-state index in [0.717, 1.165) is 5.56 Å². The van der Waals surface area contributed by atoms with Gasteiger partial charge < -0.3 is 10.2 Å². The van der Waals surface area contributed by atoms with Gasteiger partial charge in [-0.05, 0) is 24.6 Å². The average molecular weight is 285 g/mol. The van der Waals surface area contributed by atoms with Gasteiger partial charge in [-0.2, -0.15) is 0 Å². The van der Waals surface area contributed by atoms with Gasteiger partial charge in [-0.3, -0.25) is 9.59 Å². The zero-order chi connectivity index (χ0) is 13.1. The molecule has 0 bridgehead atoms. The van der Waals surface area contributed by atoms with E-state index in [-0.39, 0.29) is 18.4 Å². The molecule has 0 spiro atoms. The summed E-state index contributed by atoms with van der Waals surface area (Å²) < 4.78 is 0. The number of benzene rings is 1. The smallest absolute Gasteiger partial charge is 0.244 e. The van der Waals surface area contributed by atoms with Crippen LogP contribution in [0.5, 0.6) is 0 Å². The number of nitrogens with one attached hydrogen (secondary N) is 1. The SMILES string of the molecule is Cc1ccc(NC(=O)CN2CSCC2=O)cc1Cl. The van der Waals surface area contributed by atoms with Crippen LogP contribution >= 0.6 is 23.4 Å². The lowest BCUT2D eigenvalue weighted by Gasteiger charge is -2.14. The van der Waals surface area contributed by atoms with Gasteiger partial charge in [-0.15, -0.1) is 11.8 Å². The van der Waals surface area contributed by atoms with Crippen molar-refractivity contribution in [1.82, 2.24) is 4.90 Å². The largest absolute Gasteiger partial charge is 0.324 e. The molecule has 0 aromatic heterocycles. The first kappa shape index (κ1) is 13.2. The maximum absolute atomic E-state index is 11.8. The van der Waals surface area contributed by atoms with Crippen LogP contribution in [0.2, 0.25) is 5.02 Å². The van der Waals surface area contributed by atoms with Gasteiger partial charge in [0, 0.05) is 10.7 Å². The van der Waals surface area contributed by atoms with Crippen LogP contribution < -0.4 is 5.32 Å². The Morgan fingerprint density at radius 1 is 1.56 bits per heavy atom. The van der Waals surface area contributed by atoms with E-state index in [9.17, 15) is 9.59 Å². The zero-order valence-electron chi connectivity index (χ0n) is 9.90.